The zero-order valence-corrected chi connectivity index (χ0v) is 29.2. The van der Waals surface area contributed by atoms with Crippen LogP contribution in [-0.4, -0.2) is 108 Å². The average molecular weight is 708 g/mol. The lowest BCUT2D eigenvalue weighted by atomic mass is 10.0. The molecule has 5 heterocycles. The highest BCUT2D eigenvalue weighted by Gasteiger charge is 2.29. The van der Waals surface area contributed by atoms with E-state index < -0.39 is 7.14 Å². The van der Waals surface area contributed by atoms with E-state index in [-0.39, 0.29) is 0 Å². The molecule has 0 atom stereocenters. The van der Waals surface area contributed by atoms with Gasteiger partial charge in [-0.05, 0) is 67.3 Å². The summed E-state index contributed by atoms with van der Waals surface area (Å²) in [4.78, 5) is 30.4. The van der Waals surface area contributed by atoms with Crippen molar-refractivity contribution in [2.24, 2.45) is 0 Å². The Labute approximate surface area is 278 Å². The van der Waals surface area contributed by atoms with E-state index >= 15 is 0 Å². The number of nitrogens with one attached hydrogen (secondary N) is 2. The van der Waals surface area contributed by atoms with Gasteiger partial charge in [0.25, 0.3) is 0 Å². The highest BCUT2D eigenvalue weighted by Crippen LogP contribution is 2.41. The van der Waals surface area contributed by atoms with Gasteiger partial charge in [0.15, 0.2) is 0 Å². The van der Waals surface area contributed by atoms with Gasteiger partial charge in [0.2, 0.25) is 11.8 Å². The van der Waals surface area contributed by atoms with Crippen LogP contribution >= 0.6 is 23.1 Å². The molecule has 0 unspecified atom stereocenters. The van der Waals surface area contributed by atoms with Crippen LogP contribution in [-0.2, 0) is 4.57 Å². The molecule has 0 spiro atoms. The van der Waals surface area contributed by atoms with Crippen LogP contribution in [0.15, 0.2) is 47.8 Å². The van der Waals surface area contributed by atoms with Gasteiger partial charge in [-0.2, -0.15) is 9.97 Å². The lowest BCUT2D eigenvalue weighted by molar-refractivity contribution is 0.0981. The molecule has 0 aliphatic carbocycles. The molecular formula is C32H40BrN10O2P. The highest BCUT2D eigenvalue weighted by atomic mass is 79.9. The van der Waals surface area contributed by atoms with Crippen LogP contribution in [0.2, 0.25) is 0 Å². The number of anilines is 5. The molecule has 242 valence electrons. The van der Waals surface area contributed by atoms with Crippen LogP contribution in [0.1, 0.15) is 18.4 Å². The number of hydrogen-bond donors (Lipinski definition) is 2. The number of aromatic nitrogens is 5. The van der Waals surface area contributed by atoms with Crippen molar-refractivity contribution in [2.75, 3.05) is 82.3 Å². The molecule has 2 fully saturated rings. The molecule has 6 rings (SSSR count). The third-order valence-electron chi connectivity index (χ3n) is 8.62. The quantitative estimate of drug-likeness (QED) is 0.223. The Balaban J connectivity index is 1.23. The molecule has 2 aliphatic rings. The molecule has 0 saturated carbocycles. The first-order valence-electron chi connectivity index (χ1n) is 15.4. The number of halogens is 1. The Morgan fingerprint density at radius 1 is 1.00 bits per heavy atom. The average Bonchev–Trinajstić information content (AvgIpc) is 3.06. The third-order valence-corrected chi connectivity index (χ3v) is 10.7. The molecule has 2 N–H and O–H groups in total. The van der Waals surface area contributed by atoms with Gasteiger partial charge in [0.1, 0.15) is 30.0 Å². The molecular weight excluding hydrogens is 667 g/mol. The third kappa shape index (κ3) is 6.88. The molecule has 0 radical (unpaired) electrons. The summed E-state index contributed by atoms with van der Waals surface area (Å²) in [5, 5.41) is 7.24. The Morgan fingerprint density at radius 2 is 1.74 bits per heavy atom. The van der Waals surface area contributed by atoms with Crippen molar-refractivity contribution in [1.82, 2.24) is 34.7 Å². The van der Waals surface area contributed by atoms with Crippen molar-refractivity contribution in [2.45, 2.75) is 18.9 Å². The van der Waals surface area contributed by atoms with Crippen LogP contribution < -0.4 is 25.6 Å². The second kappa shape index (κ2) is 13.6. The molecule has 1 aromatic carbocycles. The number of likely N-dealkylation sites (N-methyl/N-ethyl adjacent to an activating group) is 1. The minimum absolute atomic E-state index is 0.333. The summed E-state index contributed by atoms with van der Waals surface area (Å²) in [5.41, 5.74) is 3.44. The van der Waals surface area contributed by atoms with Crippen LogP contribution in [0.4, 0.5) is 29.0 Å². The van der Waals surface area contributed by atoms with Crippen molar-refractivity contribution in [3.63, 3.8) is 0 Å². The number of piperazine rings is 1. The van der Waals surface area contributed by atoms with Gasteiger partial charge in [0, 0.05) is 69.5 Å². The summed E-state index contributed by atoms with van der Waals surface area (Å²) in [7, 11) is 1.05. The van der Waals surface area contributed by atoms with Crippen LogP contribution in [0.25, 0.3) is 17.1 Å². The maximum atomic E-state index is 13.4. The van der Waals surface area contributed by atoms with E-state index in [9.17, 15) is 4.57 Å². The topological polar surface area (TPSA) is 125 Å². The summed E-state index contributed by atoms with van der Waals surface area (Å²) >= 11 is 3.56. The molecule has 12 nitrogen and oxygen atoms in total. The fraction of sp³-hybridized carbons (Fsp3) is 0.406. The first kappa shape index (κ1) is 32.3. The standard InChI is InChI=1S/C32H40BrN10O2P/c1-6-21-19-26(31(45-3)40-30(21)43-13-9-22(10-14-43)42-17-15-41(2)16-18-42)38-32-36-20-23(33)29(39-32)37-25-8-7-24-27(35-12-11-34-24)28(25)46(4,5)44/h6-8,11-12,19-20,22H,1,9-10,13-18H2,2-5H3,(H2,36,37,38,39). The van der Waals surface area contributed by atoms with Gasteiger partial charge < -0.3 is 29.7 Å². The summed E-state index contributed by atoms with van der Waals surface area (Å²) in [5.74, 6) is 2.13. The van der Waals surface area contributed by atoms with E-state index in [1.165, 1.54) is 0 Å². The van der Waals surface area contributed by atoms with Crippen molar-refractivity contribution in [3.8, 4) is 5.88 Å². The van der Waals surface area contributed by atoms with E-state index in [1.807, 2.05) is 24.3 Å². The summed E-state index contributed by atoms with van der Waals surface area (Å²) in [6.45, 7) is 13.9. The molecule has 2 saturated heterocycles. The number of pyridine rings is 1. The molecule has 4 aromatic rings. The lowest BCUT2D eigenvalue weighted by Gasteiger charge is -2.42. The monoisotopic (exact) mass is 706 g/mol. The number of ether oxygens (including phenoxy) is 1. The first-order chi connectivity index (χ1) is 22.1. The smallest absolute Gasteiger partial charge is 0.239 e. The van der Waals surface area contributed by atoms with E-state index in [0.717, 1.165) is 63.5 Å². The van der Waals surface area contributed by atoms with Gasteiger partial charge in [-0.15, -0.1) is 0 Å². The molecule has 0 bridgehead atoms. The van der Waals surface area contributed by atoms with E-state index in [4.69, 9.17) is 14.7 Å². The SMILES string of the molecule is C=Cc1cc(Nc2ncc(Br)c(Nc3ccc4nccnc4c3P(C)(C)=O)n2)c(OC)nc1N1CCC(N2CCN(C)CC2)CC1. The van der Waals surface area contributed by atoms with Crippen molar-refractivity contribution < 1.29 is 9.30 Å². The number of rotatable bonds is 9. The van der Waals surface area contributed by atoms with E-state index in [1.54, 1.807) is 39.0 Å². The second-order valence-electron chi connectivity index (χ2n) is 12.1. The van der Waals surface area contributed by atoms with E-state index in [2.05, 4.69) is 69.8 Å². The summed E-state index contributed by atoms with van der Waals surface area (Å²) in [6, 6.07) is 6.28. The molecule has 14 heteroatoms. The number of nitrogens with zero attached hydrogens (tertiary/aromatic N) is 8. The largest absolute Gasteiger partial charge is 0.479 e. The van der Waals surface area contributed by atoms with E-state index in [0.29, 0.717) is 55.9 Å². The fourth-order valence-electron chi connectivity index (χ4n) is 6.21. The Hall–Kier alpha value is -3.64. The Kier molecular flexibility index (Phi) is 9.56. The predicted octanol–water partition coefficient (Wildman–Crippen LogP) is 5.18. The zero-order valence-electron chi connectivity index (χ0n) is 26.7. The Bertz CT molecular complexity index is 1780. The summed E-state index contributed by atoms with van der Waals surface area (Å²) in [6.07, 6.45) is 8.91. The fourth-order valence-corrected chi connectivity index (χ4v) is 7.90. The normalized spacial score (nSPS) is 16.8. The van der Waals surface area contributed by atoms with Crippen molar-refractivity contribution in [1.29, 1.82) is 0 Å². The second-order valence-corrected chi connectivity index (χ2v) is 16.1. The number of fused-ring (bicyclic) bond motifs is 1. The van der Waals surface area contributed by atoms with Crippen molar-refractivity contribution in [3.05, 3.63) is 53.4 Å². The minimum Gasteiger partial charge on any atom is -0.479 e. The van der Waals surface area contributed by atoms with Crippen molar-refractivity contribution >= 4 is 74.4 Å². The van der Waals surface area contributed by atoms with Crippen LogP contribution in [0.3, 0.4) is 0 Å². The molecule has 2 aliphatic heterocycles. The van der Waals surface area contributed by atoms with Gasteiger partial charge in [-0.25, -0.2) is 4.98 Å². The van der Waals surface area contributed by atoms with Crippen LogP contribution in [0, 0.1) is 0 Å². The minimum atomic E-state index is -2.75. The zero-order chi connectivity index (χ0) is 32.4. The molecule has 0 amide bonds. The maximum Gasteiger partial charge on any atom is 0.239 e. The lowest BCUT2D eigenvalue weighted by Crippen LogP contribution is -2.52. The van der Waals surface area contributed by atoms with Gasteiger partial charge in [0.05, 0.1) is 28.1 Å². The molecule has 46 heavy (non-hydrogen) atoms. The van der Waals surface area contributed by atoms with Gasteiger partial charge >= 0.3 is 0 Å². The number of benzene rings is 1. The highest BCUT2D eigenvalue weighted by molar-refractivity contribution is 9.10. The maximum absolute atomic E-state index is 13.4. The van der Waals surface area contributed by atoms with Gasteiger partial charge in [-0.3, -0.25) is 14.9 Å². The number of piperidine rings is 1. The number of methoxy groups -OCH3 is 1. The molecule has 3 aromatic heterocycles. The Morgan fingerprint density at radius 3 is 2.43 bits per heavy atom. The van der Waals surface area contributed by atoms with Gasteiger partial charge in [-0.1, -0.05) is 12.7 Å². The number of hydrogen-bond acceptors (Lipinski definition) is 12. The predicted molar refractivity (Wildman–Crippen MR) is 190 cm³/mol. The first-order valence-corrected chi connectivity index (χ1v) is 18.8. The van der Waals surface area contributed by atoms with Crippen LogP contribution in [0.5, 0.6) is 5.88 Å². The summed E-state index contributed by atoms with van der Waals surface area (Å²) < 4.78 is 19.8.